The van der Waals surface area contributed by atoms with E-state index in [1.54, 1.807) is 0 Å². The van der Waals surface area contributed by atoms with Crippen molar-refractivity contribution in [3.63, 3.8) is 0 Å². The Kier molecular flexibility index (Phi) is 3.97. The quantitative estimate of drug-likeness (QED) is 0.637. The van der Waals surface area contributed by atoms with Crippen molar-refractivity contribution in [2.75, 3.05) is 18.5 Å². The van der Waals surface area contributed by atoms with Gasteiger partial charge in [-0.05, 0) is 41.9 Å². The van der Waals surface area contributed by atoms with E-state index < -0.39 is 0 Å². The number of nitrogens with zero attached hydrogens (tertiary/aromatic N) is 3. The van der Waals surface area contributed by atoms with Crippen LogP contribution in [-0.2, 0) is 0 Å². The molecule has 0 spiro atoms. The molecule has 2 rings (SSSR count). The lowest BCUT2D eigenvalue weighted by molar-refractivity contribution is 1.11. The maximum Gasteiger partial charge on any atom is 0.0892 e. The molecule has 4 heteroatoms. The summed E-state index contributed by atoms with van der Waals surface area (Å²) in [6.45, 7) is 4.83. The number of hydrogen-bond donors (Lipinski definition) is 0. The number of anilines is 1. The number of benzene rings is 1. The van der Waals surface area contributed by atoms with E-state index in [1.165, 1.54) is 0 Å². The highest BCUT2D eigenvalue weighted by Crippen LogP contribution is 2.27. The molecule has 0 saturated heterocycles. The molecule has 0 aliphatic carbocycles. The van der Waals surface area contributed by atoms with Crippen molar-refractivity contribution in [3.05, 3.63) is 34.4 Å². The minimum absolute atomic E-state index is 0.788. The topological polar surface area (TPSA) is 28.5 Å². The van der Waals surface area contributed by atoms with Gasteiger partial charge in [-0.3, -0.25) is 4.99 Å². The van der Waals surface area contributed by atoms with E-state index in [1.807, 2.05) is 44.3 Å². The molecule has 0 N–H and O–H groups in total. The predicted molar refractivity (Wildman–Crippen MR) is 81.6 cm³/mol. The molecule has 1 heterocycles. The smallest absolute Gasteiger partial charge is 0.0892 e. The van der Waals surface area contributed by atoms with Crippen molar-refractivity contribution in [1.82, 2.24) is 4.98 Å². The van der Waals surface area contributed by atoms with Gasteiger partial charge < -0.3 is 4.90 Å². The van der Waals surface area contributed by atoms with Crippen LogP contribution in [0.4, 0.5) is 5.69 Å². The normalized spacial score (nSPS) is 11.3. The maximum absolute atomic E-state index is 4.65. The van der Waals surface area contributed by atoms with Crippen molar-refractivity contribution < 1.29 is 0 Å². The zero-order valence-corrected chi connectivity index (χ0v) is 12.4. The van der Waals surface area contributed by atoms with Crippen molar-refractivity contribution in [3.8, 4) is 0 Å². The highest BCUT2D eigenvalue weighted by molar-refractivity contribution is 9.10. The highest BCUT2D eigenvalue weighted by Gasteiger charge is 2.08. The van der Waals surface area contributed by atoms with Gasteiger partial charge in [-0.25, -0.2) is 4.98 Å². The van der Waals surface area contributed by atoms with Gasteiger partial charge in [0.2, 0.25) is 0 Å². The van der Waals surface area contributed by atoms with Crippen LogP contribution in [0, 0.1) is 6.92 Å². The van der Waals surface area contributed by atoms with Crippen molar-refractivity contribution >= 4 is 38.9 Å². The fourth-order valence-electron chi connectivity index (χ4n) is 1.87. The highest BCUT2D eigenvalue weighted by atomic mass is 79.9. The van der Waals surface area contributed by atoms with Gasteiger partial charge in [0.25, 0.3) is 0 Å². The number of para-hydroxylation sites is 1. The SMILES string of the molecule is CCN=CN(C)c1cc2cccc(Br)c2nc1C. The first-order valence-corrected chi connectivity index (χ1v) is 6.71. The number of hydrogen-bond acceptors (Lipinski definition) is 2. The van der Waals surface area contributed by atoms with Crippen molar-refractivity contribution in [1.29, 1.82) is 0 Å². The van der Waals surface area contributed by atoms with Gasteiger partial charge in [0.15, 0.2) is 0 Å². The van der Waals surface area contributed by atoms with E-state index >= 15 is 0 Å². The Hall–Kier alpha value is -1.42. The first-order valence-electron chi connectivity index (χ1n) is 5.92. The number of pyridine rings is 1. The Morgan fingerprint density at radius 3 is 2.94 bits per heavy atom. The maximum atomic E-state index is 4.65. The second kappa shape index (κ2) is 5.48. The van der Waals surface area contributed by atoms with Gasteiger partial charge in [0, 0.05) is 23.5 Å². The number of aliphatic imine (C=N–C) groups is 1. The van der Waals surface area contributed by atoms with E-state index in [2.05, 4.69) is 38.0 Å². The Bertz CT molecular complexity index is 593. The van der Waals surface area contributed by atoms with Crippen LogP contribution in [0.25, 0.3) is 10.9 Å². The number of fused-ring (bicyclic) bond motifs is 1. The van der Waals surface area contributed by atoms with E-state index in [0.717, 1.165) is 33.3 Å². The second-order valence-corrected chi connectivity index (χ2v) is 4.98. The zero-order valence-electron chi connectivity index (χ0n) is 10.8. The Labute approximate surface area is 116 Å². The summed E-state index contributed by atoms with van der Waals surface area (Å²) in [7, 11) is 1.99. The first kappa shape index (κ1) is 13.0. The molecular formula is C14H16BrN3. The number of aromatic nitrogens is 1. The molecule has 0 atom stereocenters. The lowest BCUT2D eigenvalue weighted by Gasteiger charge is -2.16. The molecule has 0 fully saturated rings. The third-order valence-corrected chi connectivity index (χ3v) is 3.42. The van der Waals surface area contributed by atoms with Crippen LogP contribution in [0.2, 0.25) is 0 Å². The summed E-state index contributed by atoms with van der Waals surface area (Å²) >= 11 is 3.53. The average molecular weight is 306 g/mol. The molecule has 3 nitrogen and oxygen atoms in total. The lowest BCUT2D eigenvalue weighted by Crippen LogP contribution is -2.16. The average Bonchev–Trinajstić information content (AvgIpc) is 2.36. The molecule has 0 aliphatic rings. The molecule has 0 bridgehead atoms. The Balaban J connectivity index is 2.53. The van der Waals surface area contributed by atoms with Gasteiger partial charge in [-0.2, -0.15) is 0 Å². The first-order chi connectivity index (χ1) is 8.63. The molecule has 94 valence electrons. The van der Waals surface area contributed by atoms with Crippen LogP contribution in [0.1, 0.15) is 12.6 Å². The molecule has 0 unspecified atom stereocenters. The largest absolute Gasteiger partial charge is 0.334 e. The van der Waals surface area contributed by atoms with Gasteiger partial charge >= 0.3 is 0 Å². The fraction of sp³-hybridized carbons (Fsp3) is 0.286. The van der Waals surface area contributed by atoms with E-state index in [-0.39, 0.29) is 0 Å². The summed E-state index contributed by atoms with van der Waals surface area (Å²) in [6.07, 6.45) is 1.84. The molecule has 0 saturated carbocycles. The van der Waals surface area contributed by atoms with Crippen LogP contribution in [0.5, 0.6) is 0 Å². The minimum atomic E-state index is 0.788. The van der Waals surface area contributed by atoms with Gasteiger partial charge in [0.05, 0.1) is 23.2 Å². The summed E-state index contributed by atoms with van der Waals surface area (Å²) in [5, 5.41) is 1.13. The molecular weight excluding hydrogens is 290 g/mol. The van der Waals surface area contributed by atoms with Crippen LogP contribution < -0.4 is 4.90 Å². The van der Waals surface area contributed by atoms with Crippen molar-refractivity contribution in [2.45, 2.75) is 13.8 Å². The van der Waals surface area contributed by atoms with Gasteiger partial charge in [0.1, 0.15) is 0 Å². The molecule has 2 aromatic rings. The third-order valence-electron chi connectivity index (χ3n) is 2.78. The molecule has 0 aliphatic heterocycles. The monoisotopic (exact) mass is 305 g/mol. The standard InChI is InChI=1S/C14H16BrN3/c1-4-16-9-18(3)13-8-11-6-5-7-12(15)14(11)17-10(13)2/h5-9H,4H2,1-3H3. The van der Waals surface area contributed by atoms with E-state index in [9.17, 15) is 0 Å². The fourth-order valence-corrected chi connectivity index (χ4v) is 2.34. The van der Waals surface area contributed by atoms with Crippen LogP contribution in [-0.4, -0.2) is 24.9 Å². The molecule has 1 aromatic heterocycles. The van der Waals surface area contributed by atoms with Crippen LogP contribution >= 0.6 is 15.9 Å². The van der Waals surface area contributed by atoms with Crippen LogP contribution in [0.15, 0.2) is 33.7 Å². The molecule has 0 radical (unpaired) electrons. The second-order valence-electron chi connectivity index (χ2n) is 4.13. The minimum Gasteiger partial charge on any atom is -0.334 e. The summed E-state index contributed by atoms with van der Waals surface area (Å²) in [5.41, 5.74) is 3.08. The molecule has 18 heavy (non-hydrogen) atoms. The zero-order chi connectivity index (χ0) is 13.1. The van der Waals surface area contributed by atoms with E-state index in [0.29, 0.717) is 0 Å². The Morgan fingerprint density at radius 1 is 1.44 bits per heavy atom. The number of aryl methyl sites for hydroxylation is 1. The third kappa shape index (κ3) is 2.53. The number of halogens is 1. The Morgan fingerprint density at radius 2 is 2.22 bits per heavy atom. The summed E-state index contributed by atoms with van der Waals surface area (Å²) in [5.74, 6) is 0. The van der Waals surface area contributed by atoms with Crippen LogP contribution in [0.3, 0.4) is 0 Å². The predicted octanol–water partition coefficient (Wildman–Crippen LogP) is 3.79. The van der Waals surface area contributed by atoms with Crippen molar-refractivity contribution in [2.24, 2.45) is 4.99 Å². The van der Waals surface area contributed by atoms with Gasteiger partial charge in [-0.15, -0.1) is 0 Å². The number of rotatable bonds is 3. The van der Waals surface area contributed by atoms with Gasteiger partial charge in [-0.1, -0.05) is 12.1 Å². The summed E-state index contributed by atoms with van der Waals surface area (Å²) in [6, 6.07) is 8.25. The van der Waals surface area contributed by atoms with E-state index in [4.69, 9.17) is 0 Å². The lowest BCUT2D eigenvalue weighted by atomic mass is 10.1. The summed E-state index contributed by atoms with van der Waals surface area (Å²) < 4.78 is 1.03. The summed E-state index contributed by atoms with van der Waals surface area (Å²) in [4.78, 5) is 10.9. The molecule has 0 amide bonds. The molecule has 1 aromatic carbocycles.